The number of aromatic nitrogens is 1. The second-order valence-corrected chi connectivity index (χ2v) is 9.93. The summed E-state index contributed by atoms with van der Waals surface area (Å²) in [6.45, 7) is 0.0335. The largest absolute Gasteiger partial charge is 0.484 e. The van der Waals surface area contributed by atoms with Crippen LogP contribution < -0.4 is 15.4 Å². The first-order chi connectivity index (χ1) is 15.7. The predicted octanol–water partition coefficient (Wildman–Crippen LogP) is 2.82. The average molecular weight is 498 g/mol. The molecule has 1 aromatic carbocycles. The van der Waals surface area contributed by atoms with Gasteiger partial charge in [-0.2, -0.15) is 0 Å². The molecular formula is C22H25ClFN3O5S. The second-order valence-electron chi connectivity index (χ2n) is 8.58. The molecule has 3 saturated carbocycles. The highest BCUT2D eigenvalue weighted by molar-refractivity contribution is 7.09. The Balaban J connectivity index is 1.33. The molecule has 2 aromatic rings. The van der Waals surface area contributed by atoms with Crippen LogP contribution in [-0.4, -0.2) is 52.8 Å². The van der Waals surface area contributed by atoms with E-state index in [0.29, 0.717) is 44.4 Å². The lowest BCUT2D eigenvalue weighted by Gasteiger charge is -2.56. The van der Waals surface area contributed by atoms with E-state index in [-0.39, 0.29) is 23.3 Å². The van der Waals surface area contributed by atoms with Gasteiger partial charge in [0.2, 0.25) is 0 Å². The minimum absolute atomic E-state index is 0.0287. The molecule has 8 nitrogen and oxygen atoms in total. The van der Waals surface area contributed by atoms with Crippen molar-refractivity contribution in [2.24, 2.45) is 0 Å². The quantitative estimate of drug-likeness (QED) is 0.517. The number of nitrogens with one attached hydrogen (secondary N) is 2. The van der Waals surface area contributed by atoms with E-state index < -0.39 is 28.9 Å². The molecule has 33 heavy (non-hydrogen) atoms. The summed E-state index contributed by atoms with van der Waals surface area (Å²) in [7, 11) is 1.57. The number of carbonyl (C=O) groups excluding carboxylic acids is 2. The highest BCUT2D eigenvalue weighted by atomic mass is 35.5. The fourth-order valence-electron chi connectivity index (χ4n) is 4.60. The summed E-state index contributed by atoms with van der Waals surface area (Å²) in [5, 5.41) is 19.2. The van der Waals surface area contributed by atoms with Gasteiger partial charge in [-0.1, -0.05) is 11.6 Å². The molecule has 0 radical (unpaired) electrons. The van der Waals surface area contributed by atoms with Gasteiger partial charge in [0.15, 0.2) is 6.61 Å². The Morgan fingerprint density at radius 3 is 2.73 bits per heavy atom. The Morgan fingerprint density at radius 2 is 2.06 bits per heavy atom. The highest BCUT2D eigenvalue weighted by Gasteiger charge is 2.55. The summed E-state index contributed by atoms with van der Waals surface area (Å²) in [5.74, 6) is -1.12. The van der Waals surface area contributed by atoms with Crippen LogP contribution in [0.3, 0.4) is 0 Å². The van der Waals surface area contributed by atoms with Crippen molar-refractivity contribution in [3.05, 3.63) is 45.1 Å². The maximum atomic E-state index is 13.5. The number of aliphatic hydroxyl groups excluding tert-OH is 1. The number of halogens is 2. The van der Waals surface area contributed by atoms with E-state index in [4.69, 9.17) is 21.1 Å². The molecule has 3 fully saturated rings. The van der Waals surface area contributed by atoms with E-state index >= 15 is 0 Å². The van der Waals surface area contributed by atoms with E-state index in [1.165, 1.54) is 23.5 Å². The molecule has 5 rings (SSSR count). The molecule has 1 atom stereocenters. The second kappa shape index (κ2) is 9.54. The molecule has 3 aliphatic rings. The third-order valence-electron chi connectivity index (χ3n) is 6.40. The molecular weight excluding hydrogens is 473 g/mol. The van der Waals surface area contributed by atoms with Crippen molar-refractivity contribution >= 4 is 34.8 Å². The lowest BCUT2D eigenvalue weighted by Crippen LogP contribution is -2.70. The van der Waals surface area contributed by atoms with Crippen molar-refractivity contribution in [1.82, 2.24) is 15.6 Å². The Morgan fingerprint density at radius 1 is 1.30 bits per heavy atom. The summed E-state index contributed by atoms with van der Waals surface area (Å²) in [6, 6.07) is 3.94. The van der Waals surface area contributed by atoms with E-state index in [1.807, 2.05) is 0 Å². The van der Waals surface area contributed by atoms with Gasteiger partial charge >= 0.3 is 0 Å². The molecule has 3 N–H and O–H groups in total. The van der Waals surface area contributed by atoms with Crippen molar-refractivity contribution < 1.29 is 28.6 Å². The van der Waals surface area contributed by atoms with Gasteiger partial charge in [0.05, 0.1) is 23.3 Å². The molecule has 1 aromatic heterocycles. The first-order valence-corrected chi connectivity index (χ1v) is 11.8. The fraction of sp³-hybridized carbons (Fsp3) is 0.500. The molecule has 2 bridgehead atoms. The van der Waals surface area contributed by atoms with Crippen LogP contribution in [-0.2, 0) is 16.1 Å². The lowest BCUT2D eigenvalue weighted by molar-refractivity contribution is -0.132. The van der Waals surface area contributed by atoms with Crippen molar-refractivity contribution in [1.29, 1.82) is 0 Å². The Kier molecular flexibility index (Phi) is 6.90. The van der Waals surface area contributed by atoms with Gasteiger partial charge in [-0.15, -0.1) is 11.3 Å². The molecule has 1 unspecified atom stereocenters. The first-order valence-electron chi connectivity index (χ1n) is 10.6. The minimum Gasteiger partial charge on any atom is -0.484 e. The van der Waals surface area contributed by atoms with Crippen LogP contribution in [0.15, 0.2) is 23.6 Å². The van der Waals surface area contributed by atoms with Crippen molar-refractivity contribution in [3.63, 3.8) is 0 Å². The number of thiazole rings is 1. The van der Waals surface area contributed by atoms with Crippen LogP contribution in [0.25, 0.3) is 0 Å². The number of methoxy groups -OCH3 is 1. The zero-order valence-electron chi connectivity index (χ0n) is 18.0. The van der Waals surface area contributed by atoms with Crippen molar-refractivity contribution in [3.8, 4) is 5.75 Å². The normalized spacial score (nSPS) is 26.1. The summed E-state index contributed by atoms with van der Waals surface area (Å²) in [6.07, 6.45) is 1.78. The fourth-order valence-corrected chi connectivity index (χ4v) is 5.46. The van der Waals surface area contributed by atoms with Crippen molar-refractivity contribution in [2.45, 2.75) is 55.9 Å². The third kappa shape index (κ3) is 5.13. The maximum Gasteiger partial charge on any atom is 0.271 e. The van der Waals surface area contributed by atoms with Gasteiger partial charge in [-0.05, 0) is 44.2 Å². The molecule has 1 heterocycles. The van der Waals surface area contributed by atoms with E-state index in [2.05, 4.69) is 15.6 Å². The van der Waals surface area contributed by atoms with Crippen LogP contribution in [0.5, 0.6) is 5.75 Å². The predicted molar refractivity (Wildman–Crippen MR) is 120 cm³/mol. The van der Waals surface area contributed by atoms with Gasteiger partial charge in [-0.3, -0.25) is 9.59 Å². The van der Waals surface area contributed by atoms with Gasteiger partial charge < -0.3 is 25.2 Å². The maximum absolute atomic E-state index is 13.5. The first kappa shape index (κ1) is 23.9. The van der Waals surface area contributed by atoms with Crippen LogP contribution in [0.2, 0.25) is 5.02 Å². The van der Waals surface area contributed by atoms with E-state index in [9.17, 15) is 19.1 Å². The number of carbonyl (C=O) groups is 2. The number of aliphatic hydroxyl groups is 1. The monoisotopic (exact) mass is 497 g/mol. The standard InChI is InChI=1S/C22H25ClFN3O5S/c1-31-11-19-25-16(12-33-19)20(30)27-21-4-6-22(7-5-21,17(28)9-21)26-18(29)10-32-13-2-3-14(23)15(24)8-13/h2-3,8,12,17,28H,4-7,9-11H2,1H3,(H,26,29)(H,27,30). The number of hydrogen-bond donors (Lipinski definition) is 3. The Labute approximate surface area is 199 Å². The minimum atomic E-state index is -0.822. The lowest BCUT2D eigenvalue weighted by atomic mass is 9.60. The summed E-state index contributed by atoms with van der Waals surface area (Å²) in [4.78, 5) is 29.5. The summed E-state index contributed by atoms with van der Waals surface area (Å²) < 4.78 is 23.9. The number of fused-ring (bicyclic) bond motifs is 3. The van der Waals surface area contributed by atoms with Crippen molar-refractivity contribution in [2.75, 3.05) is 13.7 Å². The van der Waals surface area contributed by atoms with Crippen LogP contribution in [0, 0.1) is 5.82 Å². The van der Waals surface area contributed by atoms with Gasteiger partial charge in [0.25, 0.3) is 11.8 Å². The van der Waals surface area contributed by atoms with Gasteiger partial charge in [0.1, 0.15) is 22.3 Å². The molecule has 3 aliphatic carbocycles. The number of benzene rings is 1. The smallest absolute Gasteiger partial charge is 0.271 e. The van der Waals surface area contributed by atoms with Crippen LogP contribution in [0.1, 0.15) is 47.6 Å². The number of ether oxygens (including phenoxy) is 2. The highest BCUT2D eigenvalue weighted by Crippen LogP contribution is 2.47. The Bertz CT molecular complexity index is 1040. The summed E-state index contributed by atoms with van der Waals surface area (Å²) in [5.41, 5.74) is -0.974. The number of hydrogen-bond acceptors (Lipinski definition) is 7. The molecule has 0 spiro atoms. The SMILES string of the molecule is COCc1nc(C(=O)NC23CCC(NC(=O)COc4ccc(Cl)c(F)c4)(CC2)C(O)C3)cs1. The van der Waals surface area contributed by atoms with Crippen LogP contribution >= 0.6 is 22.9 Å². The topological polar surface area (TPSA) is 110 Å². The van der Waals surface area contributed by atoms with Gasteiger partial charge in [0, 0.05) is 24.1 Å². The zero-order chi connectivity index (χ0) is 23.6. The summed E-state index contributed by atoms with van der Waals surface area (Å²) >= 11 is 7.01. The molecule has 0 saturated heterocycles. The van der Waals surface area contributed by atoms with E-state index in [1.54, 1.807) is 12.5 Å². The van der Waals surface area contributed by atoms with E-state index in [0.717, 1.165) is 11.1 Å². The number of amides is 2. The van der Waals surface area contributed by atoms with Gasteiger partial charge in [-0.25, -0.2) is 9.37 Å². The molecule has 11 heteroatoms. The molecule has 0 aliphatic heterocycles. The number of nitrogens with zero attached hydrogens (tertiary/aromatic N) is 1. The third-order valence-corrected chi connectivity index (χ3v) is 7.53. The Hall–Kier alpha value is -2.27. The molecule has 178 valence electrons. The zero-order valence-corrected chi connectivity index (χ0v) is 19.6. The van der Waals surface area contributed by atoms with Crippen LogP contribution in [0.4, 0.5) is 4.39 Å². The molecule has 2 amide bonds. The average Bonchev–Trinajstić information content (AvgIpc) is 3.25. The number of rotatable bonds is 8.